The van der Waals surface area contributed by atoms with Gasteiger partial charge in [0.25, 0.3) is 5.56 Å². The number of unbranched alkanes of at least 4 members (excludes halogenated alkanes) is 2. The Balaban J connectivity index is 2.05. The predicted molar refractivity (Wildman–Crippen MR) is 105 cm³/mol. The lowest BCUT2D eigenvalue weighted by Crippen LogP contribution is -2.19. The van der Waals surface area contributed by atoms with Crippen molar-refractivity contribution in [3.8, 4) is 17.1 Å². The van der Waals surface area contributed by atoms with Gasteiger partial charge in [-0.3, -0.25) is 4.79 Å². The first-order valence-corrected chi connectivity index (χ1v) is 9.01. The van der Waals surface area contributed by atoms with Gasteiger partial charge in [-0.1, -0.05) is 19.8 Å². The van der Waals surface area contributed by atoms with Crippen LogP contribution in [-0.4, -0.2) is 28.7 Å². The summed E-state index contributed by atoms with van der Waals surface area (Å²) < 4.78 is 21.6. The second-order valence-corrected chi connectivity index (χ2v) is 6.30. The average Bonchev–Trinajstić information content (AvgIpc) is 2.69. The number of hydrogen-bond donors (Lipinski definition) is 1. The highest BCUT2D eigenvalue weighted by Crippen LogP contribution is 2.28. The lowest BCUT2D eigenvalue weighted by molar-refractivity contribution is 0.413. The number of aromatic nitrogens is 3. The molecule has 0 amide bonds. The summed E-state index contributed by atoms with van der Waals surface area (Å²) in [4.78, 5) is 21.2. The number of rotatable bonds is 7. The number of ether oxygens (including phenoxy) is 1. The number of nitrogens with one attached hydrogen (secondary N) is 1. The van der Waals surface area contributed by atoms with E-state index in [4.69, 9.17) is 4.74 Å². The molecule has 2 aromatic heterocycles. The largest absolute Gasteiger partial charge is 0.491 e. The van der Waals surface area contributed by atoms with Crippen molar-refractivity contribution in [1.82, 2.24) is 14.5 Å². The molecule has 1 N–H and O–H groups in total. The lowest BCUT2D eigenvalue weighted by Gasteiger charge is -2.11. The average molecular weight is 370 g/mol. The molecule has 0 aliphatic heterocycles. The molecule has 0 radical (unpaired) electrons. The van der Waals surface area contributed by atoms with Gasteiger partial charge in [-0.15, -0.1) is 0 Å². The monoisotopic (exact) mass is 370 g/mol. The topological polar surface area (TPSA) is 69.0 Å². The van der Waals surface area contributed by atoms with Crippen molar-refractivity contribution in [1.29, 1.82) is 0 Å². The van der Waals surface area contributed by atoms with Crippen LogP contribution >= 0.6 is 0 Å². The van der Waals surface area contributed by atoms with Crippen molar-refractivity contribution < 1.29 is 9.13 Å². The predicted octanol–water partition coefficient (Wildman–Crippen LogP) is 3.84. The van der Waals surface area contributed by atoms with Gasteiger partial charge in [-0.2, -0.15) is 0 Å². The van der Waals surface area contributed by atoms with E-state index in [2.05, 4.69) is 22.2 Å². The van der Waals surface area contributed by atoms with Gasteiger partial charge in [0.05, 0.1) is 24.3 Å². The van der Waals surface area contributed by atoms with Crippen LogP contribution in [0.4, 0.5) is 10.2 Å². The van der Waals surface area contributed by atoms with Crippen LogP contribution in [0.5, 0.6) is 5.75 Å². The SMILES string of the molecule is CCCCCn1ccc2cc(-c3ncc(OC)c(NC)n3)c(F)cc2c1=O. The molecule has 0 spiro atoms. The molecule has 3 rings (SSSR count). The van der Waals surface area contributed by atoms with Crippen molar-refractivity contribution in [2.45, 2.75) is 32.7 Å². The summed E-state index contributed by atoms with van der Waals surface area (Å²) in [5.41, 5.74) is 0.0606. The minimum atomic E-state index is -0.530. The molecule has 0 bridgehead atoms. The van der Waals surface area contributed by atoms with Gasteiger partial charge >= 0.3 is 0 Å². The summed E-state index contributed by atoms with van der Waals surface area (Å²) in [5, 5.41) is 3.92. The van der Waals surface area contributed by atoms with E-state index in [0.29, 0.717) is 28.9 Å². The minimum Gasteiger partial charge on any atom is -0.491 e. The number of anilines is 1. The second kappa shape index (κ2) is 8.16. The van der Waals surface area contributed by atoms with E-state index >= 15 is 0 Å². The van der Waals surface area contributed by atoms with Gasteiger partial charge in [0.2, 0.25) is 0 Å². The van der Waals surface area contributed by atoms with Crippen molar-refractivity contribution >= 4 is 16.6 Å². The van der Waals surface area contributed by atoms with E-state index in [1.54, 1.807) is 23.9 Å². The molecule has 7 heteroatoms. The molecule has 0 saturated heterocycles. The summed E-state index contributed by atoms with van der Waals surface area (Å²) in [6.45, 7) is 2.75. The minimum absolute atomic E-state index is 0.180. The fourth-order valence-corrected chi connectivity index (χ4v) is 3.01. The standard InChI is InChI=1S/C20H23FN4O2/c1-4-5-6-8-25-9-7-13-10-15(16(21)11-14(13)20(25)26)18-23-12-17(27-3)19(22-2)24-18/h7,9-12H,4-6,8H2,1-3H3,(H,22,23,24). The van der Waals surface area contributed by atoms with Gasteiger partial charge in [0, 0.05) is 19.8 Å². The molecular weight excluding hydrogens is 347 g/mol. The number of hydrogen-bond acceptors (Lipinski definition) is 5. The Morgan fingerprint density at radius 2 is 2.11 bits per heavy atom. The molecule has 1 aromatic carbocycles. The summed E-state index contributed by atoms with van der Waals surface area (Å²) in [5.74, 6) is 0.635. The Labute approximate surface area is 157 Å². The molecule has 0 aliphatic rings. The van der Waals surface area contributed by atoms with Crippen molar-refractivity contribution in [3.05, 3.63) is 46.8 Å². The number of fused-ring (bicyclic) bond motifs is 1. The quantitative estimate of drug-likeness (QED) is 0.640. The first-order valence-electron chi connectivity index (χ1n) is 9.01. The summed E-state index contributed by atoms with van der Waals surface area (Å²) >= 11 is 0. The number of pyridine rings is 1. The molecule has 0 fully saturated rings. The Hall–Kier alpha value is -2.96. The van der Waals surface area contributed by atoms with Crippen LogP contribution in [0.25, 0.3) is 22.2 Å². The van der Waals surface area contributed by atoms with Gasteiger partial charge < -0.3 is 14.6 Å². The van der Waals surface area contributed by atoms with Crippen LogP contribution < -0.4 is 15.6 Å². The fourth-order valence-electron chi connectivity index (χ4n) is 3.01. The third kappa shape index (κ3) is 3.77. The van der Waals surface area contributed by atoms with Crippen LogP contribution in [0.3, 0.4) is 0 Å². The van der Waals surface area contributed by atoms with E-state index in [-0.39, 0.29) is 16.9 Å². The van der Waals surface area contributed by atoms with Gasteiger partial charge in [-0.05, 0) is 30.0 Å². The highest BCUT2D eigenvalue weighted by molar-refractivity contribution is 5.86. The normalized spacial score (nSPS) is 11.0. The summed E-state index contributed by atoms with van der Waals surface area (Å²) in [6, 6.07) is 4.72. The van der Waals surface area contributed by atoms with Gasteiger partial charge in [0.15, 0.2) is 17.4 Å². The zero-order valence-corrected chi connectivity index (χ0v) is 15.8. The zero-order chi connectivity index (χ0) is 19.4. The van der Waals surface area contributed by atoms with Crippen molar-refractivity contribution in [3.63, 3.8) is 0 Å². The Kier molecular flexibility index (Phi) is 5.69. The van der Waals surface area contributed by atoms with Crippen molar-refractivity contribution in [2.24, 2.45) is 0 Å². The molecule has 0 aliphatic carbocycles. The van der Waals surface area contributed by atoms with Crippen LogP contribution in [0.15, 0.2) is 35.4 Å². The molecule has 0 saturated carbocycles. The lowest BCUT2D eigenvalue weighted by atomic mass is 10.1. The van der Waals surface area contributed by atoms with E-state index < -0.39 is 5.82 Å². The van der Waals surface area contributed by atoms with Crippen LogP contribution in [0, 0.1) is 5.82 Å². The number of methoxy groups -OCH3 is 1. The highest BCUT2D eigenvalue weighted by atomic mass is 19.1. The van der Waals surface area contributed by atoms with Crippen LogP contribution in [0.1, 0.15) is 26.2 Å². The molecule has 0 unspecified atom stereocenters. The van der Waals surface area contributed by atoms with Gasteiger partial charge in [-0.25, -0.2) is 14.4 Å². The van der Waals surface area contributed by atoms with E-state index in [0.717, 1.165) is 19.3 Å². The highest BCUT2D eigenvalue weighted by Gasteiger charge is 2.15. The molecule has 142 valence electrons. The first kappa shape index (κ1) is 18.8. The van der Waals surface area contributed by atoms with E-state index in [1.807, 2.05) is 6.07 Å². The molecule has 3 aromatic rings. The van der Waals surface area contributed by atoms with Crippen LogP contribution in [0.2, 0.25) is 0 Å². The molecule has 27 heavy (non-hydrogen) atoms. The van der Waals surface area contributed by atoms with Crippen LogP contribution in [-0.2, 0) is 6.54 Å². The number of benzene rings is 1. The summed E-state index contributed by atoms with van der Waals surface area (Å²) in [6.07, 6.45) is 6.31. The molecule has 0 atom stereocenters. The molecular formula is C20H23FN4O2. The molecule has 2 heterocycles. The smallest absolute Gasteiger partial charge is 0.258 e. The maximum Gasteiger partial charge on any atom is 0.258 e. The second-order valence-electron chi connectivity index (χ2n) is 6.30. The van der Waals surface area contributed by atoms with E-state index in [9.17, 15) is 9.18 Å². The summed E-state index contributed by atoms with van der Waals surface area (Å²) in [7, 11) is 3.22. The number of aryl methyl sites for hydroxylation is 1. The third-order valence-corrected chi connectivity index (χ3v) is 4.52. The maximum absolute atomic E-state index is 14.8. The Morgan fingerprint density at radius 1 is 1.30 bits per heavy atom. The number of nitrogens with zero attached hydrogens (tertiary/aromatic N) is 3. The maximum atomic E-state index is 14.8. The Morgan fingerprint density at radius 3 is 2.81 bits per heavy atom. The van der Waals surface area contributed by atoms with E-state index in [1.165, 1.54) is 19.4 Å². The zero-order valence-electron chi connectivity index (χ0n) is 15.8. The molecule has 6 nitrogen and oxygen atoms in total. The third-order valence-electron chi connectivity index (χ3n) is 4.52. The van der Waals surface area contributed by atoms with Crippen molar-refractivity contribution in [2.75, 3.05) is 19.5 Å². The fraction of sp³-hybridized carbons (Fsp3) is 0.350. The Bertz CT molecular complexity index is 1020. The number of halogens is 1. The van der Waals surface area contributed by atoms with Gasteiger partial charge in [0.1, 0.15) is 5.82 Å². The first-order chi connectivity index (χ1) is 13.1.